The van der Waals surface area contributed by atoms with Gasteiger partial charge in [-0.15, -0.1) is 0 Å². The fraction of sp³-hybridized carbons (Fsp3) is 0.300. The highest BCUT2D eigenvalue weighted by atomic mass is 16.2. The highest BCUT2D eigenvalue weighted by Gasteiger charge is 2.18. The molecule has 0 spiro atoms. The van der Waals surface area contributed by atoms with Gasteiger partial charge in [0.1, 0.15) is 5.82 Å². The number of benzene rings is 1. The molecule has 2 aromatic heterocycles. The maximum atomic E-state index is 12.4. The van der Waals surface area contributed by atoms with Crippen LogP contribution in [0.3, 0.4) is 0 Å². The number of urea groups is 1. The molecule has 3 aromatic rings. The molecule has 0 saturated carbocycles. The van der Waals surface area contributed by atoms with Gasteiger partial charge in [-0.1, -0.05) is 32.0 Å². The third kappa shape index (κ3) is 5.13. The molecule has 2 amide bonds. The number of rotatable bonds is 6. The first-order valence-corrected chi connectivity index (χ1v) is 8.95. The molecule has 7 heteroatoms. The number of amides is 2. The van der Waals surface area contributed by atoms with Crippen LogP contribution in [0.2, 0.25) is 0 Å². The van der Waals surface area contributed by atoms with Crippen LogP contribution in [-0.2, 0) is 6.42 Å². The normalized spacial score (nSPS) is 12.0. The van der Waals surface area contributed by atoms with Gasteiger partial charge in [0.2, 0.25) is 0 Å². The first-order chi connectivity index (χ1) is 13.0. The minimum atomic E-state index is -0.241. The van der Waals surface area contributed by atoms with Crippen molar-refractivity contribution in [2.75, 3.05) is 5.32 Å². The molecule has 0 radical (unpaired) electrons. The van der Waals surface area contributed by atoms with Crippen LogP contribution in [0.1, 0.15) is 42.7 Å². The summed E-state index contributed by atoms with van der Waals surface area (Å²) < 4.78 is 0. The number of carbonyl (C=O) groups excluding carboxylic acids is 1. The van der Waals surface area contributed by atoms with Gasteiger partial charge >= 0.3 is 6.03 Å². The van der Waals surface area contributed by atoms with Crippen molar-refractivity contribution in [2.24, 2.45) is 5.92 Å². The Bertz CT molecular complexity index is 873. The van der Waals surface area contributed by atoms with Crippen LogP contribution in [0.5, 0.6) is 0 Å². The molecule has 0 aliphatic rings. The van der Waals surface area contributed by atoms with E-state index in [-0.39, 0.29) is 18.0 Å². The third-order valence-corrected chi connectivity index (χ3v) is 4.21. The van der Waals surface area contributed by atoms with Crippen molar-refractivity contribution in [3.05, 3.63) is 71.6 Å². The summed E-state index contributed by atoms with van der Waals surface area (Å²) in [4.78, 5) is 20.9. The van der Waals surface area contributed by atoms with E-state index in [1.54, 1.807) is 12.4 Å². The molecule has 27 heavy (non-hydrogen) atoms. The number of carbonyl (C=O) groups is 1. The smallest absolute Gasteiger partial charge is 0.319 e. The molecular weight excluding hydrogens is 340 g/mol. The Hall–Kier alpha value is -3.22. The molecule has 3 rings (SSSR count). The van der Waals surface area contributed by atoms with Gasteiger partial charge in [-0.05, 0) is 42.2 Å². The predicted molar refractivity (Wildman–Crippen MR) is 104 cm³/mol. The Balaban J connectivity index is 1.60. The number of hydrogen-bond donors (Lipinski definition) is 3. The highest BCUT2D eigenvalue weighted by molar-refractivity contribution is 5.89. The van der Waals surface area contributed by atoms with Gasteiger partial charge in [0.05, 0.1) is 6.04 Å². The van der Waals surface area contributed by atoms with Crippen LogP contribution in [0.4, 0.5) is 10.5 Å². The van der Waals surface area contributed by atoms with E-state index in [1.165, 1.54) is 0 Å². The summed E-state index contributed by atoms with van der Waals surface area (Å²) in [5.41, 5.74) is 2.80. The zero-order valence-electron chi connectivity index (χ0n) is 15.7. The summed E-state index contributed by atoms with van der Waals surface area (Å²) in [5.74, 6) is 1.79. The van der Waals surface area contributed by atoms with Crippen molar-refractivity contribution in [3.63, 3.8) is 0 Å². The highest BCUT2D eigenvalue weighted by Crippen LogP contribution is 2.21. The Labute approximate surface area is 158 Å². The lowest BCUT2D eigenvalue weighted by Crippen LogP contribution is -2.35. The van der Waals surface area contributed by atoms with Crippen LogP contribution in [0, 0.1) is 12.8 Å². The third-order valence-electron chi connectivity index (χ3n) is 4.21. The minimum absolute atomic E-state index is 0.105. The average molecular weight is 364 g/mol. The van der Waals surface area contributed by atoms with E-state index in [0.29, 0.717) is 6.42 Å². The SMILES string of the molecule is Cc1nc(Cc2ccc(NC(=O)NC(c3cccnc3)C(C)C)cc2)n[nH]1. The zero-order valence-corrected chi connectivity index (χ0v) is 15.7. The lowest BCUT2D eigenvalue weighted by Gasteiger charge is -2.22. The fourth-order valence-electron chi connectivity index (χ4n) is 2.86. The maximum Gasteiger partial charge on any atom is 0.319 e. The molecule has 0 aliphatic carbocycles. The standard InChI is InChI=1S/C20H24N6O/c1-13(2)19(16-5-4-10-21-12-16)24-20(27)23-17-8-6-15(7-9-17)11-18-22-14(3)25-26-18/h4-10,12-13,19H,11H2,1-3H3,(H,22,25,26)(H2,23,24,27). The number of aryl methyl sites for hydroxylation is 1. The van der Waals surface area contributed by atoms with E-state index in [9.17, 15) is 4.79 Å². The Kier molecular flexibility index (Phi) is 5.80. The number of nitrogens with zero attached hydrogens (tertiary/aromatic N) is 3. The largest absolute Gasteiger partial charge is 0.331 e. The van der Waals surface area contributed by atoms with Crippen LogP contribution in [-0.4, -0.2) is 26.2 Å². The van der Waals surface area contributed by atoms with Gasteiger partial charge in [-0.3, -0.25) is 10.1 Å². The molecule has 0 fully saturated rings. The number of anilines is 1. The molecule has 0 aliphatic heterocycles. The summed E-state index contributed by atoms with van der Waals surface area (Å²) >= 11 is 0. The molecule has 0 saturated heterocycles. The van der Waals surface area contributed by atoms with Gasteiger partial charge in [0, 0.05) is 24.5 Å². The maximum absolute atomic E-state index is 12.4. The molecule has 2 heterocycles. The van der Waals surface area contributed by atoms with E-state index in [2.05, 4.69) is 44.6 Å². The number of aromatic nitrogens is 4. The molecule has 1 aromatic carbocycles. The van der Waals surface area contributed by atoms with Gasteiger partial charge < -0.3 is 10.6 Å². The first kappa shape index (κ1) is 18.6. The lowest BCUT2D eigenvalue weighted by atomic mass is 9.98. The van der Waals surface area contributed by atoms with Crippen LogP contribution in [0.15, 0.2) is 48.8 Å². The summed E-state index contributed by atoms with van der Waals surface area (Å²) in [7, 11) is 0. The summed E-state index contributed by atoms with van der Waals surface area (Å²) in [6, 6.07) is 11.2. The van der Waals surface area contributed by atoms with Gasteiger partial charge in [-0.2, -0.15) is 5.10 Å². The van der Waals surface area contributed by atoms with Crippen molar-refractivity contribution in [1.29, 1.82) is 0 Å². The van der Waals surface area contributed by atoms with E-state index in [4.69, 9.17) is 0 Å². The Morgan fingerprint density at radius 3 is 2.56 bits per heavy atom. The van der Waals surface area contributed by atoms with E-state index in [0.717, 1.165) is 28.5 Å². The molecule has 1 unspecified atom stereocenters. The van der Waals surface area contributed by atoms with Crippen molar-refractivity contribution in [3.8, 4) is 0 Å². The second-order valence-corrected chi connectivity index (χ2v) is 6.82. The van der Waals surface area contributed by atoms with Crippen LogP contribution < -0.4 is 10.6 Å². The van der Waals surface area contributed by atoms with E-state index >= 15 is 0 Å². The second-order valence-electron chi connectivity index (χ2n) is 6.82. The molecule has 140 valence electrons. The fourth-order valence-corrected chi connectivity index (χ4v) is 2.86. The van der Waals surface area contributed by atoms with E-state index < -0.39 is 0 Å². The van der Waals surface area contributed by atoms with E-state index in [1.807, 2.05) is 43.3 Å². The molecule has 1 atom stereocenters. The predicted octanol–water partition coefficient (Wildman–Crippen LogP) is 3.62. The summed E-state index contributed by atoms with van der Waals surface area (Å²) in [6.07, 6.45) is 4.15. The van der Waals surface area contributed by atoms with Gasteiger partial charge in [0.25, 0.3) is 0 Å². The monoisotopic (exact) mass is 364 g/mol. The van der Waals surface area contributed by atoms with Gasteiger partial charge in [-0.25, -0.2) is 9.78 Å². The van der Waals surface area contributed by atoms with Crippen molar-refractivity contribution in [1.82, 2.24) is 25.5 Å². The number of H-pyrrole nitrogens is 1. The number of hydrogen-bond acceptors (Lipinski definition) is 4. The van der Waals surface area contributed by atoms with Crippen molar-refractivity contribution >= 4 is 11.7 Å². The Morgan fingerprint density at radius 2 is 1.96 bits per heavy atom. The molecule has 3 N–H and O–H groups in total. The lowest BCUT2D eigenvalue weighted by molar-refractivity contribution is 0.244. The first-order valence-electron chi connectivity index (χ1n) is 8.95. The van der Waals surface area contributed by atoms with Gasteiger partial charge in [0.15, 0.2) is 5.82 Å². The summed E-state index contributed by atoms with van der Waals surface area (Å²) in [6.45, 7) is 6.01. The molecule has 7 nitrogen and oxygen atoms in total. The number of pyridine rings is 1. The van der Waals surface area contributed by atoms with Crippen molar-refractivity contribution < 1.29 is 4.79 Å². The quantitative estimate of drug-likeness (QED) is 0.622. The number of nitrogens with one attached hydrogen (secondary N) is 3. The zero-order chi connectivity index (χ0) is 19.2. The molecule has 0 bridgehead atoms. The second kappa shape index (κ2) is 8.44. The number of aromatic amines is 1. The summed E-state index contributed by atoms with van der Waals surface area (Å²) in [5, 5.41) is 12.9. The molecular formula is C20H24N6O. The topological polar surface area (TPSA) is 95.6 Å². The van der Waals surface area contributed by atoms with Crippen LogP contribution >= 0.6 is 0 Å². The van der Waals surface area contributed by atoms with Crippen molar-refractivity contribution in [2.45, 2.75) is 33.2 Å². The Morgan fingerprint density at radius 1 is 1.19 bits per heavy atom. The average Bonchev–Trinajstić information content (AvgIpc) is 3.06. The van der Waals surface area contributed by atoms with Crippen LogP contribution in [0.25, 0.3) is 0 Å². The minimum Gasteiger partial charge on any atom is -0.331 e.